The molecule has 84 heavy (non-hydrogen) atoms. The molecule has 0 aliphatic heterocycles. The van der Waals surface area contributed by atoms with Crippen LogP contribution >= 0.6 is 79.9 Å². The Hall–Kier alpha value is 2.49. The molecule has 0 radical (unpaired) electrons. The van der Waals surface area contributed by atoms with Crippen LogP contribution in [0.3, 0.4) is 0 Å². The van der Waals surface area contributed by atoms with Crippen LogP contribution in [0.5, 0.6) is 0 Å². The number of rotatable bonds is 2. The van der Waals surface area contributed by atoms with Gasteiger partial charge in [-0.2, -0.15) is 0 Å². The number of quaternary nitrogens is 1. The molecular formula is C67H105Br3Cl5N7SiSn. The Morgan fingerprint density at radius 1 is 0.417 bits per heavy atom. The molecule has 0 spiro atoms. The average Bonchev–Trinajstić information content (AvgIpc) is 0.716. The Bertz CT molecular complexity index is 2620. The fourth-order valence-electron chi connectivity index (χ4n) is 32.5. The third-order valence-electron chi connectivity index (χ3n) is 33.8. The van der Waals surface area contributed by atoms with E-state index in [1.165, 1.54) is 64.2 Å². The fourth-order valence-corrected chi connectivity index (χ4v) is 34.3. The Kier molecular flexibility index (Phi) is 16.1. The van der Waals surface area contributed by atoms with Crippen LogP contribution in [0.1, 0.15) is 209 Å². The summed E-state index contributed by atoms with van der Waals surface area (Å²) in [6.45, 7) is 27.0. The van der Waals surface area contributed by atoms with Crippen molar-refractivity contribution in [2.45, 2.75) is 245 Å². The first-order chi connectivity index (χ1) is 38.7. The molecule has 472 valence electrons. The van der Waals surface area contributed by atoms with Gasteiger partial charge in [-0.1, -0.05) is 96.1 Å². The maximum atomic E-state index is 9.22. The van der Waals surface area contributed by atoms with E-state index in [4.69, 9.17) is 46.9 Å². The zero-order valence-electron chi connectivity index (χ0n) is 53.0. The van der Waals surface area contributed by atoms with Gasteiger partial charge in [0.2, 0.25) is 0 Å². The van der Waals surface area contributed by atoms with Crippen LogP contribution < -0.4 is 18.1 Å². The van der Waals surface area contributed by atoms with Crippen LogP contribution in [-0.2, 0) is 0 Å². The van der Waals surface area contributed by atoms with Gasteiger partial charge < -0.3 is 18.1 Å². The van der Waals surface area contributed by atoms with E-state index < -0.39 is 22.1 Å². The molecule has 28 atom stereocenters. The maximum absolute atomic E-state index is 9.22. The first kappa shape index (κ1) is 65.2. The molecule has 0 aromatic heterocycles. The van der Waals surface area contributed by atoms with Crippen molar-refractivity contribution >= 4 is 102 Å². The van der Waals surface area contributed by atoms with Crippen LogP contribution in [-0.4, -0.2) is 37.5 Å². The number of azide groups is 2. The first-order valence-electron chi connectivity index (χ1n) is 34.2. The topological polar surface area (TPSA) is 125 Å². The van der Waals surface area contributed by atoms with Gasteiger partial charge in [-0.25, -0.2) is 0 Å². The van der Waals surface area contributed by atoms with Gasteiger partial charge in [-0.3, -0.25) is 0 Å². The summed E-state index contributed by atoms with van der Waals surface area (Å²) in [4.78, 5) is 6.04. The number of alkyl halides is 1. The van der Waals surface area contributed by atoms with E-state index in [0.29, 0.717) is 48.3 Å². The van der Waals surface area contributed by atoms with Crippen molar-refractivity contribution in [3.63, 3.8) is 0 Å². The number of hydrogen-bond donors (Lipinski definition) is 1. The molecule has 28 aliphatic rings. The summed E-state index contributed by atoms with van der Waals surface area (Å²) < 4.78 is 4.11. The second kappa shape index (κ2) is 20.7. The van der Waals surface area contributed by atoms with Crippen molar-refractivity contribution in [1.29, 1.82) is 0 Å². The molecule has 28 aliphatic carbocycles. The van der Waals surface area contributed by atoms with Crippen molar-refractivity contribution in [3.8, 4) is 0 Å². The first-order valence-corrected chi connectivity index (χ1v) is 56.6. The molecule has 28 unspecified atom stereocenters. The number of nitrogens with zero attached hydrogens (tertiary/aromatic N) is 6. The third kappa shape index (κ3) is 8.68. The fraction of sp³-hybridized carbons (Fsp3) is 1.00. The van der Waals surface area contributed by atoms with Gasteiger partial charge >= 0.3 is 49.6 Å². The van der Waals surface area contributed by atoms with E-state index in [-0.39, 0.29) is 17.9 Å². The van der Waals surface area contributed by atoms with Crippen molar-refractivity contribution in [1.82, 2.24) is 0 Å². The summed E-state index contributed by atoms with van der Waals surface area (Å²) in [5, 5.41) is 4.55. The van der Waals surface area contributed by atoms with Gasteiger partial charge in [0, 0.05) is 55.2 Å². The predicted molar refractivity (Wildman–Crippen MR) is 358 cm³/mol. The van der Waals surface area contributed by atoms with Crippen LogP contribution in [0.4, 0.5) is 0 Å². The molecule has 28 fully saturated rings. The Morgan fingerprint density at radius 2 is 0.738 bits per heavy atom. The predicted octanol–water partition coefficient (Wildman–Crippen LogP) is 18.9. The quantitative estimate of drug-likeness (QED) is 0.0930. The average molecular weight is 1570 g/mol. The minimum absolute atomic E-state index is 0. The summed E-state index contributed by atoms with van der Waals surface area (Å²) in [5.74, 6) is 21.6. The normalized spacial score (nSPS) is 61.2. The summed E-state index contributed by atoms with van der Waals surface area (Å²) >= 11 is 6.55. The van der Waals surface area contributed by atoms with Crippen LogP contribution in [0.25, 0.3) is 20.9 Å². The molecular weight excluding hydrogens is 1470 g/mol. The Morgan fingerprint density at radius 3 is 1.18 bits per heavy atom. The Labute approximate surface area is 557 Å². The van der Waals surface area contributed by atoms with Crippen molar-refractivity contribution in [2.75, 3.05) is 0 Å². The van der Waals surface area contributed by atoms with Crippen LogP contribution in [0.2, 0.25) is 19.6 Å². The molecule has 28 rings (SSSR count). The second-order valence-corrected chi connectivity index (χ2v) is 69.1. The van der Waals surface area contributed by atoms with Gasteiger partial charge in [0.25, 0.3) is 0 Å². The van der Waals surface area contributed by atoms with E-state index in [0.717, 1.165) is 129 Å². The van der Waals surface area contributed by atoms with Gasteiger partial charge in [-0.05, 0) is 320 Å². The van der Waals surface area contributed by atoms with Crippen molar-refractivity contribution in [3.05, 3.63) is 20.9 Å². The van der Waals surface area contributed by atoms with Crippen molar-refractivity contribution < 1.29 is 18.1 Å². The summed E-state index contributed by atoms with van der Waals surface area (Å²) in [6, 6.07) is 0. The molecule has 7 nitrogen and oxygen atoms in total. The van der Waals surface area contributed by atoms with E-state index >= 15 is 0 Å². The summed E-state index contributed by atoms with van der Waals surface area (Å²) in [5.41, 5.74) is 27.6. The molecule has 0 amide bonds. The van der Waals surface area contributed by atoms with Crippen molar-refractivity contribution in [2.24, 2.45) is 177 Å². The SMILES string of the molecule is BrBr.CC12CC3CC4C1CC1CC2C(Br)(C3)C4(C)C1.CC12CC3CC4C1CC1CC2C(C3)C4(C)C1.CC12CC3CC4C1CC1CC2C(N=[N+]=[N-])(C3)C4(C)C1.CC12CC3CC4C1CC1CC2C([NH3+])(C3)C4(C)C1.C[Si](C)(C)N=[N+]=[N-].[Cl-].[Cl][Sn]([Cl])([Cl])[Cl]. The molecule has 0 heterocycles. The minimum atomic E-state index is -3.29. The second-order valence-electron chi connectivity index (χ2n) is 37.7. The van der Waals surface area contributed by atoms with E-state index in [2.05, 4.69) is 119 Å². The summed E-state index contributed by atoms with van der Waals surface area (Å²) in [6.07, 6.45) is 36.4. The molecule has 3 N–H and O–H groups in total. The van der Waals surface area contributed by atoms with E-state index in [1.54, 1.807) is 89.9 Å². The zero-order chi connectivity index (χ0) is 59.4. The molecule has 0 aromatic rings. The number of halogens is 8. The standard InChI is InChI=1S/C16H23Br.C16H23N3.C16H25N.C16H24.C3H9N3Si.Br2.5ClH.Sn/c1-14-6-10-4-12-11(14)3-9-5-13(14)16(17,8-10)15(12,2)7-9;1-14-6-10-4-12-11(14)3-9-5-13(14)16(8-10,18-19-17)15(12,2)7-9;1-14-6-10-4-12-11(14)3-9-5-13(14)16(17,8-10)15(12,2)7-9;1-15-7-9-5-13-11(15)3-10-4-12(15)14(6-9)16(13,2)8-10;1-7(2,3)6-5-4;1-2;;;;;;/h9-13H,3-8H2,1-2H3;9-13H,3-8H2,1-2H3;9-13H,3-8,17H2,1-2H3;9-14H,3-8H2,1-2H3;1-3H3;;5*1H;/q;;;;;;;;;;;+4/p-4. The van der Waals surface area contributed by atoms with E-state index in [1.807, 2.05) is 19.6 Å². The monoisotopic (exact) mass is 1570 g/mol. The third-order valence-corrected chi connectivity index (χ3v) is 36.3. The van der Waals surface area contributed by atoms with Crippen LogP contribution in [0.15, 0.2) is 9.89 Å². The van der Waals surface area contributed by atoms with Crippen LogP contribution in [0, 0.1) is 168 Å². The van der Waals surface area contributed by atoms with Gasteiger partial charge in [0.1, 0.15) is 13.8 Å². The Balaban J connectivity index is 0.0000000971. The molecule has 0 aromatic carbocycles. The molecule has 0 saturated heterocycles. The van der Waals surface area contributed by atoms with Gasteiger partial charge in [-0.15, -0.1) is 4.78 Å². The summed E-state index contributed by atoms with van der Waals surface area (Å²) in [7, 11) is 18.7. The molecule has 17 heteroatoms. The molecule has 28 saturated carbocycles. The molecule has 32 bridgehead atoms. The van der Waals surface area contributed by atoms with Gasteiger partial charge in [0.15, 0.2) is 0 Å². The van der Waals surface area contributed by atoms with E-state index in [9.17, 15) is 5.53 Å². The van der Waals surface area contributed by atoms with Gasteiger partial charge in [0.05, 0.1) is 5.54 Å². The zero-order valence-corrected chi connectivity index (χ0v) is 65.4. The number of hydrogen-bond acceptors (Lipinski definition) is 2.